The van der Waals surface area contributed by atoms with Crippen LogP contribution in [-0.2, 0) is 4.79 Å². The van der Waals surface area contributed by atoms with Gasteiger partial charge in [0, 0.05) is 43.5 Å². The van der Waals surface area contributed by atoms with E-state index in [2.05, 4.69) is 14.8 Å². The van der Waals surface area contributed by atoms with Crippen molar-refractivity contribution >= 4 is 17.8 Å². The first-order valence-electron chi connectivity index (χ1n) is 8.19. The molecule has 5 nitrogen and oxygen atoms in total. The highest BCUT2D eigenvalue weighted by Gasteiger charge is 2.46. The van der Waals surface area contributed by atoms with Crippen LogP contribution in [-0.4, -0.2) is 52.1 Å². The van der Waals surface area contributed by atoms with E-state index in [1.165, 1.54) is 6.21 Å². The Hall–Kier alpha value is -2.04. The zero-order valence-electron chi connectivity index (χ0n) is 12.7. The molecular weight excluding hydrogens is 276 g/mol. The predicted octanol–water partition coefficient (Wildman–Crippen LogP) is 2.09. The van der Waals surface area contributed by atoms with E-state index in [-0.39, 0.29) is 0 Å². The highest BCUT2D eigenvalue weighted by atomic mass is 16.2. The summed E-state index contributed by atoms with van der Waals surface area (Å²) in [5.41, 5.74) is 2.11. The molecule has 1 aromatic heterocycles. The Labute approximate surface area is 130 Å². The molecule has 2 aliphatic heterocycles. The van der Waals surface area contributed by atoms with Crippen LogP contribution in [0.2, 0.25) is 0 Å². The molecule has 2 unspecified atom stereocenters. The van der Waals surface area contributed by atoms with Gasteiger partial charge in [-0.3, -0.25) is 4.79 Å². The van der Waals surface area contributed by atoms with Crippen LogP contribution < -0.4 is 0 Å². The molecule has 2 N–H and O–H groups in total. The fourth-order valence-electron chi connectivity index (χ4n) is 3.93. The second-order valence-corrected chi connectivity index (χ2v) is 6.61. The van der Waals surface area contributed by atoms with Gasteiger partial charge >= 0.3 is 0 Å². The van der Waals surface area contributed by atoms with Gasteiger partial charge in [0.15, 0.2) is 0 Å². The molecule has 2 bridgehead atoms. The number of carbonyl (C=O) groups is 1. The number of H-pyrrole nitrogens is 1. The Bertz CT molecular complexity index is 588. The summed E-state index contributed by atoms with van der Waals surface area (Å²) in [5, 5.41) is 7.44. The third kappa shape index (κ3) is 2.25. The van der Waals surface area contributed by atoms with Gasteiger partial charge in [0.1, 0.15) is 0 Å². The smallest absolute Gasteiger partial charge is 0.226 e. The summed E-state index contributed by atoms with van der Waals surface area (Å²) in [6.07, 6.45) is 9.50. The molecular formula is C17H22N4O. The number of amides is 1. The Morgan fingerprint density at radius 2 is 1.95 bits per heavy atom. The molecule has 3 heterocycles. The summed E-state index contributed by atoms with van der Waals surface area (Å²) in [6, 6.07) is 4.71. The number of carbonyl (C=O) groups excluding carboxylic acids is 1. The van der Waals surface area contributed by atoms with E-state index in [4.69, 9.17) is 5.41 Å². The molecule has 3 aliphatic rings. The minimum atomic E-state index is 0.314. The number of rotatable bonds is 4. The van der Waals surface area contributed by atoms with Crippen molar-refractivity contribution in [2.45, 2.75) is 37.8 Å². The summed E-state index contributed by atoms with van der Waals surface area (Å²) in [6.45, 7) is 1.77. The van der Waals surface area contributed by atoms with Gasteiger partial charge in [-0.25, -0.2) is 0 Å². The molecule has 2 saturated heterocycles. The largest absolute Gasteiger partial charge is 0.366 e. The highest BCUT2D eigenvalue weighted by molar-refractivity contribution is 5.83. The quantitative estimate of drug-likeness (QED) is 0.836. The fraction of sp³-hybridized carbons (Fsp3) is 0.529. The molecule has 1 aliphatic carbocycles. The van der Waals surface area contributed by atoms with Crippen LogP contribution in [0.4, 0.5) is 0 Å². The number of aromatic nitrogens is 1. The van der Waals surface area contributed by atoms with E-state index in [1.807, 2.05) is 24.4 Å². The van der Waals surface area contributed by atoms with Crippen LogP contribution in [0.3, 0.4) is 0 Å². The fourth-order valence-corrected chi connectivity index (χ4v) is 3.93. The minimum absolute atomic E-state index is 0.314. The lowest BCUT2D eigenvalue weighted by molar-refractivity contribution is -0.137. The van der Waals surface area contributed by atoms with E-state index >= 15 is 0 Å². The molecule has 116 valence electrons. The minimum Gasteiger partial charge on any atom is -0.366 e. The topological polar surface area (TPSA) is 63.2 Å². The molecule has 22 heavy (non-hydrogen) atoms. The molecule has 0 aromatic carbocycles. The van der Waals surface area contributed by atoms with Crippen LogP contribution in [0.25, 0.3) is 5.70 Å². The van der Waals surface area contributed by atoms with Crippen molar-refractivity contribution in [2.24, 2.45) is 5.92 Å². The monoisotopic (exact) mass is 298 g/mol. The van der Waals surface area contributed by atoms with Crippen molar-refractivity contribution in [1.29, 1.82) is 5.41 Å². The SMILES string of the molecule is N=C/C=C(\c1ccc[nH]1)N1CC2CCC(C1)N2C(=O)C1CC1. The van der Waals surface area contributed by atoms with Crippen LogP contribution in [0, 0.1) is 11.3 Å². The van der Waals surface area contributed by atoms with Gasteiger partial charge in [0.2, 0.25) is 5.91 Å². The first-order chi connectivity index (χ1) is 10.8. The molecule has 5 heteroatoms. The van der Waals surface area contributed by atoms with Gasteiger partial charge < -0.3 is 20.2 Å². The molecule has 1 amide bonds. The van der Waals surface area contributed by atoms with E-state index < -0.39 is 0 Å². The van der Waals surface area contributed by atoms with Crippen molar-refractivity contribution in [2.75, 3.05) is 13.1 Å². The number of aromatic amines is 1. The number of hydrogen-bond donors (Lipinski definition) is 2. The number of allylic oxidation sites excluding steroid dienone is 1. The first-order valence-corrected chi connectivity index (χ1v) is 8.19. The lowest BCUT2D eigenvalue weighted by Crippen LogP contribution is -2.55. The zero-order chi connectivity index (χ0) is 15.1. The maximum Gasteiger partial charge on any atom is 0.226 e. The second-order valence-electron chi connectivity index (χ2n) is 6.61. The van der Waals surface area contributed by atoms with Gasteiger partial charge in [-0.05, 0) is 43.9 Å². The Balaban J connectivity index is 1.55. The van der Waals surface area contributed by atoms with Gasteiger partial charge in [-0.1, -0.05) is 0 Å². The maximum absolute atomic E-state index is 12.5. The summed E-state index contributed by atoms with van der Waals surface area (Å²) in [4.78, 5) is 20.3. The summed E-state index contributed by atoms with van der Waals surface area (Å²) in [7, 11) is 0. The Morgan fingerprint density at radius 3 is 2.50 bits per heavy atom. The van der Waals surface area contributed by atoms with E-state index in [0.29, 0.717) is 23.9 Å². The lowest BCUT2D eigenvalue weighted by atomic mass is 10.1. The van der Waals surface area contributed by atoms with Crippen molar-refractivity contribution in [1.82, 2.24) is 14.8 Å². The average molecular weight is 298 g/mol. The van der Waals surface area contributed by atoms with E-state index in [1.54, 1.807) is 0 Å². The van der Waals surface area contributed by atoms with Gasteiger partial charge in [0.05, 0.1) is 11.4 Å². The molecule has 3 fully saturated rings. The first kappa shape index (κ1) is 13.6. The molecule has 1 saturated carbocycles. The number of piperazine rings is 1. The molecule has 1 aromatic rings. The lowest BCUT2D eigenvalue weighted by Gasteiger charge is -2.43. The number of likely N-dealkylation sites (tertiary alicyclic amines) is 1. The number of nitrogens with zero attached hydrogens (tertiary/aromatic N) is 2. The second kappa shape index (κ2) is 5.30. The van der Waals surface area contributed by atoms with Crippen molar-refractivity contribution in [3.8, 4) is 0 Å². The van der Waals surface area contributed by atoms with Crippen LogP contribution in [0.1, 0.15) is 31.4 Å². The van der Waals surface area contributed by atoms with Crippen LogP contribution in [0.15, 0.2) is 24.4 Å². The summed E-state index contributed by atoms with van der Waals surface area (Å²) < 4.78 is 0. The molecule has 4 rings (SSSR count). The van der Waals surface area contributed by atoms with Crippen molar-refractivity contribution in [3.05, 3.63) is 30.1 Å². The van der Waals surface area contributed by atoms with Gasteiger partial charge in [-0.15, -0.1) is 0 Å². The third-order valence-electron chi connectivity index (χ3n) is 5.12. The number of nitrogens with one attached hydrogen (secondary N) is 2. The van der Waals surface area contributed by atoms with Crippen molar-refractivity contribution < 1.29 is 4.79 Å². The van der Waals surface area contributed by atoms with Crippen LogP contribution in [0.5, 0.6) is 0 Å². The molecule has 2 atom stereocenters. The van der Waals surface area contributed by atoms with Gasteiger partial charge in [0.25, 0.3) is 0 Å². The Morgan fingerprint density at radius 1 is 1.23 bits per heavy atom. The number of fused-ring (bicyclic) bond motifs is 2. The normalized spacial score (nSPS) is 28.1. The highest BCUT2D eigenvalue weighted by Crippen LogP contribution is 2.39. The zero-order valence-corrected chi connectivity index (χ0v) is 12.7. The van der Waals surface area contributed by atoms with Gasteiger partial charge in [-0.2, -0.15) is 0 Å². The van der Waals surface area contributed by atoms with E-state index in [0.717, 1.165) is 50.2 Å². The molecule has 0 spiro atoms. The molecule has 0 radical (unpaired) electrons. The van der Waals surface area contributed by atoms with Crippen LogP contribution >= 0.6 is 0 Å². The standard InChI is InChI=1S/C17H22N4O/c18-8-7-16(15-2-1-9-19-15)20-10-13-5-6-14(11-20)21(13)17(22)12-3-4-12/h1-2,7-9,12-14,18-19H,3-6,10-11H2/b16-7+,18-8?. The predicted molar refractivity (Wildman–Crippen MR) is 85.5 cm³/mol. The maximum atomic E-state index is 12.5. The summed E-state index contributed by atoms with van der Waals surface area (Å²) in [5.74, 6) is 0.708. The Kier molecular flexibility index (Phi) is 3.28. The van der Waals surface area contributed by atoms with E-state index in [9.17, 15) is 4.79 Å². The van der Waals surface area contributed by atoms with Crippen molar-refractivity contribution in [3.63, 3.8) is 0 Å². The number of hydrogen-bond acceptors (Lipinski definition) is 3. The average Bonchev–Trinajstić information content (AvgIpc) is 3.17. The summed E-state index contributed by atoms with van der Waals surface area (Å²) >= 11 is 0. The third-order valence-corrected chi connectivity index (χ3v) is 5.12.